The van der Waals surface area contributed by atoms with Gasteiger partial charge in [-0.25, -0.2) is 9.78 Å². The second-order valence-corrected chi connectivity index (χ2v) is 4.49. The summed E-state index contributed by atoms with van der Waals surface area (Å²) >= 11 is 0. The van der Waals surface area contributed by atoms with Gasteiger partial charge in [0.1, 0.15) is 5.82 Å². The molecule has 1 atom stereocenters. The molecule has 0 aromatic carbocycles. The molecular weight excluding hydrogens is 232 g/mol. The lowest BCUT2D eigenvalue weighted by Crippen LogP contribution is -2.48. The zero-order chi connectivity index (χ0) is 13.1. The summed E-state index contributed by atoms with van der Waals surface area (Å²) in [7, 11) is 0. The van der Waals surface area contributed by atoms with Crippen molar-refractivity contribution in [1.82, 2.24) is 9.88 Å². The van der Waals surface area contributed by atoms with Crippen molar-refractivity contribution >= 4 is 11.9 Å². The van der Waals surface area contributed by atoms with Crippen molar-refractivity contribution < 1.29 is 9.90 Å². The van der Waals surface area contributed by atoms with E-state index in [4.69, 9.17) is 10.8 Å². The molecular formula is C12H18N4O2. The molecule has 1 aliphatic rings. The molecule has 0 aliphatic carbocycles. The van der Waals surface area contributed by atoms with Gasteiger partial charge in [-0.15, -0.1) is 0 Å². The number of anilines is 1. The summed E-state index contributed by atoms with van der Waals surface area (Å²) in [6.45, 7) is 4.30. The van der Waals surface area contributed by atoms with Crippen LogP contribution in [0, 0.1) is 0 Å². The minimum Gasteiger partial charge on any atom is -0.465 e. The number of amides is 1. The first kappa shape index (κ1) is 12.6. The van der Waals surface area contributed by atoms with Crippen LogP contribution in [0.25, 0.3) is 0 Å². The number of piperazine rings is 1. The van der Waals surface area contributed by atoms with Crippen LogP contribution in [0.3, 0.4) is 0 Å². The van der Waals surface area contributed by atoms with E-state index in [1.54, 1.807) is 6.20 Å². The van der Waals surface area contributed by atoms with Crippen LogP contribution in [0.4, 0.5) is 10.6 Å². The van der Waals surface area contributed by atoms with Crippen molar-refractivity contribution in [3.05, 3.63) is 23.9 Å². The third kappa shape index (κ3) is 2.70. The zero-order valence-electron chi connectivity index (χ0n) is 10.4. The van der Waals surface area contributed by atoms with Crippen LogP contribution in [0.5, 0.6) is 0 Å². The molecule has 98 valence electrons. The maximum absolute atomic E-state index is 10.8. The monoisotopic (exact) mass is 250 g/mol. The fraction of sp³-hybridized carbons (Fsp3) is 0.500. The molecule has 0 radical (unpaired) electrons. The topological polar surface area (TPSA) is 82.7 Å². The Morgan fingerprint density at radius 1 is 1.44 bits per heavy atom. The van der Waals surface area contributed by atoms with Crippen LogP contribution in [0.15, 0.2) is 18.3 Å². The number of pyridine rings is 1. The number of hydrogen-bond donors (Lipinski definition) is 2. The summed E-state index contributed by atoms with van der Waals surface area (Å²) in [6, 6.07) is 3.86. The van der Waals surface area contributed by atoms with Crippen LogP contribution in [0.1, 0.15) is 18.5 Å². The number of rotatable bonds is 2. The summed E-state index contributed by atoms with van der Waals surface area (Å²) in [6.07, 6.45) is 0.893. The van der Waals surface area contributed by atoms with Crippen molar-refractivity contribution in [1.29, 1.82) is 0 Å². The average Bonchev–Trinajstić information content (AvgIpc) is 2.39. The highest BCUT2D eigenvalue weighted by Gasteiger charge is 2.21. The number of nitrogens with two attached hydrogens (primary N) is 1. The van der Waals surface area contributed by atoms with Gasteiger partial charge < -0.3 is 20.6 Å². The highest BCUT2D eigenvalue weighted by molar-refractivity contribution is 5.65. The standard InChI is InChI=1S/C12H18N4O2/c1-9(13)10-2-3-14-11(8-10)15-4-6-16(7-5-15)12(17)18/h2-3,8-9H,4-7,13H2,1H3,(H,17,18). The molecule has 18 heavy (non-hydrogen) atoms. The molecule has 0 bridgehead atoms. The maximum atomic E-state index is 10.8. The molecule has 0 spiro atoms. The Morgan fingerprint density at radius 2 is 2.11 bits per heavy atom. The number of nitrogens with zero attached hydrogens (tertiary/aromatic N) is 3. The summed E-state index contributed by atoms with van der Waals surface area (Å²) in [5.41, 5.74) is 6.88. The second kappa shape index (κ2) is 5.22. The summed E-state index contributed by atoms with van der Waals surface area (Å²) < 4.78 is 0. The Morgan fingerprint density at radius 3 is 2.67 bits per heavy atom. The Labute approximate surface area is 106 Å². The third-order valence-corrected chi connectivity index (χ3v) is 3.17. The predicted octanol–water partition coefficient (Wildman–Crippen LogP) is 0.901. The molecule has 0 saturated carbocycles. The smallest absolute Gasteiger partial charge is 0.407 e. The van der Waals surface area contributed by atoms with E-state index in [1.807, 2.05) is 19.1 Å². The highest BCUT2D eigenvalue weighted by Crippen LogP contribution is 2.18. The number of hydrogen-bond acceptors (Lipinski definition) is 4. The molecule has 1 unspecified atom stereocenters. The molecule has 2 heterocycles. The third-order valence-electron chi connectivity index (χ3n) is 3.17. The van der Waals surface area contributed by atoms with E-state index in [0.717, 1.165) is 11.4 Å². The van der Waals surface area contributed by atoms with E-state index >= 15 is 0 Å². The fourth-order valence-corrected chi connectivity index (χ4v) is 2.02. The number of carbonyl (C=O) groups is 1. The van der Waals surface area contributed by atoms with E-state index in [9.17, 15) is 4.79 Å². The first-order valence-corrected chi connectivity index (χ1v) is 6.02. The minimum atomic E-state index is -0.855. The molecule has 2 rings (SSSR count). The van der Waals surface area contributed by atoms with Crippen LogP contribution < -0.4 is 10.6 Å². The molecule has 1 aromatic rings. The van der Waals surface area contributed by atoms with E-state index in [2.05, 4.69) is 9.88 Å². The lowest BCUT2D eigenvalue weighted by atomic mass is 10.1. The second-order valence-electron chi connectivity index (χ2n) is 4.49. The zero-order valence-corrected chi connectivity index (χ0v) is 10.4. The summed E-state index contributed by atoms with van der Waals surface area (Å²) in [4.78, 5) is 18.6. The van der Waals surface area contributed by atoms with Gasteiger partial charge in [-0.3, -0.25) is 0 Å². The van der Waals surface area contributed by atoms with E-state index in [1.165, 1.54) is 4.90 Å². The van der Waals surface area contributed by atoms with Gasteiger partial charge in [0, 0.05) is 38.4 Å². The normalized spacial score (nSPS) is 17.7. The van der Waals surface area contributed by atoms with Crippen molar-refractivity contribution in [2.45, 2.75) is 13.0 Å². The van der Waals surface area contributed by atoms with Gasteiger partial charge in [-0.2, -0.15) is 0 Å². The van der Waals surface area contributed by atoms with Crippen LogP contribution in [0.2, 0.25) is 0 Å². The van der Waals surface area contributed by atoms with Gasteiger partial charge in [-0.1, -0.05) is 0 Å². The van der Waals surface area contributed by atoms with Gasteiger partial charge in [0.15, 0.2) is 0 Å². The van der Waals surface area contributed by atoms with Crippen LogP contribution in [-0.2, 0) is 0 Å². The summed E-state index contributed by atoms with van der Waals surface area (Å²) in [5, 5.41) is 8.89. The van der Waals surface area contributed by atoms with E-state index < -0.39 is 6.09 Å². The Hall–Kier alpha value is -1.82. The largest absolute Gasteiger partial charge is 0.465 e. The number of aromatic nitrogens is 1. The van der Waals surface area contributed by atoms with Gasteiger partial charge in [-0.05, 0) is 24.6 Å². The van der Waals surface area contributed by atoms with Crippen molar-refractivity contribution in [3.63, 3.8) is 0 Å². The molecule has 1 fully saturated rings. The van der Waals surface area contributed by atoms with Gasteiger partial charge in [0.2, 0.25) is 0 Å². The molecule has 1 saturated heterocycles. The van der Waals surface area contributed by atoms with Crippen molar-refractivity contribution in [2.24, 2.45) is 5.73 Å². The van der Waals surface area contributed by atoms with Crippen LogP contribution in [-0.4, -0.2) is 47.3 Å². The quantitative estimate of drug-likeness (QED) is 0.815. The Bertz CT molecular complexity index is 428. The van der Waals surface area contributed by atoms with E-state index in [0.29, 0.717) is 26.2 Å². The molecule has 1 aliphatic heterocycles. The first-order chi connectivity index (χ1) is 8.58. The fourth-order valence-electron chi connectivity index (χ4n) is 2.02. The minimum absolute atomic E-state index is 0.0212. The van der Waals surface area contributed by atoms with Gasteiger partial charge in [0.05, 0.1) is 0 Å². The van der Waals surface area contributed by atoms with E-state index in [-0.39, 0.29) is 6.04 Å². The predicted molar refractivity (Wildman–Crippen MR) is 68.7 cm³/mol. The van der Waals surface area contributed by atoms with Crippen LogP contribution >= 0.6 is 0 Å². The lowest BCUT2D eigenvalue weighted by Gasteiger charge is -2.34. The number of carboxylic acid groups (broad SMARTS) is 1. The summed E-state index contributed by atoms with van der Waals surface area (Å²) in [5.74, 6) is 0.870. The average molecular weight is 250 g/mol. The van der Waals surface area contributed by atoms with Crippen molar-refractivity contribution in [3.8, 4) is 0 Å². The Kier molecular flexibility index (Phi) is 3.66. The molecule has 3 N–H and O–H groups in total. The molecule has 6 heteroatoms. The first-order valence-electron chi connectivity index (χ1n) is 6.02. The molecule has 1 amide bonds. The Balaban J connectivity index is 2.05. The lowest BCUT2D eigenvalue weighted by molar-refractivity contribution is 0.142. The van der Waals surface area contributed by atoms with Gasteiger partial charge in [0.25, 0.3) is 0 Å². The van der Waals surface area contributed by atoms with Crippen molar-refractivity contribution in [2.75, 3.05) is 31.1 Å². The molecule has 6 nitrogen and oxygen atoms in total. The van der Waals surface area contributed by atoms with Gasteiger partial charge >= 0.3 is 6.09 Å². The SMILES string of the molecule is CC(N)c1ccnc(N2CCN(C(=O)O)CC2)c1. The highest BCUT2D eigenvalue weighted by atomic mass is 16.4. The molecule has 1 aromatic heterocycles. The maximum Gasteiger partial charge on any atom is 0.407 e.